The molecule has 2 amide bonds. The minimum Gasteiger partial charge on any atom is -0.481 e. The summed E-state index contributed by atoms with van der Waals surface area (Å²) in [4.78, 5) is 33.8. The van der Waals surface area contributed by atoms with Crippen LogP contribution in [0.5, 0.6) is 0 Å². The first-order chi connectivity index (χ1) is 17.4. The van der Waals surface area contributed by atoms with E-state index in [4.69, 9.17) is 15.6 Å². The van der Waals surface area contributed by atoms with Crippen molar-refractivity contribution in [1.82, 2.24) is 14.5 Å². The second-order valence-corrected chi connectivity index (χ2v) is 10.6. The van der Waals surface area contributed by atoms with Crippen LogP contribution in [-0.4, -0.2) is 77.6 Å². The Bertz CT molecular complexity index is 802. The number of nitrogens with zero attached hydrogens (tertiary/aromatic N) is 3. The second-order valence-electron chi connectivity index (χ2n) is 9.89. The van der Waals surface area contributed by atoms with E-state index in [1.165, 1.54) is 68.0 Å². The third kappa shape index (κ3) is 16.4. The van der Waals surface area contributed by atoms with E-state index in [-0.39, 0.29) is 11.8 Å². The number of carbonyl (C=O) groups is 3. The summed E-state index contributed by atoms with van der Waals surface area (Å²) in [6.45, 7) is 11.3. The molecule has 3 N–H and O–H groups in total. The van der Waals surface area contributed by atoms with Crippen molar-refractivity contribution in [1.29, 1.82) is 0 Å². The fraction of sp³-hybridized carbons (Fsp3) is 0.679. The number of carboxylic acid groups (broad SMARTS) is 1. The number of aliphatic carboxylic acids is 1. The van der Waals surface area contributed by atoms with Gasteiger partial charge in [-0.25, -0.2) is 0 Å². The highest BCUT2D eigenvalue weighted by atomic mass is 31.0. The number of likely N-dealkylation sites (tertiary alicyclic amines) is 1. The zero-order valence-corrected chi connectivity index (χ0v) is 25.1. The van der Waals surface area contributed by atoms with E-state index in [9.17, 15) is 9.59 Å². The average molecular weight is 539 g/mol. The number of nitrogens with two attached hydrogens (primary N) is 1. The Morgan fingerprint density at radius 2 is 1.49 bits per heavy atom. The van der Waals surface area contributed by atoms with Crippen molar-refractivity contribution in [2.45, 2.75) is 72.8 Å². The number of amides is 2. The van der Waals surface area contributed by atoms with Crippen LogP contribution in [0.15, 0.2) is 24.3 Å². The van der Waals surface area contributed by atoms with Gasteiger partial charge in [-0.3, -0.25) is 19.1 Å². The molecule has 1 aromatic carbocycles. The molecule has 4 rings (SSSR count). The van der Waals surface area contributed by atoms with Gasteiger partial charge < -0.3 is 20.6 Å². The van der Waals surface area contributed by atoms with E-state index < -0.39 is 5.97 Å². The van der Waals surface area contributed by atoms with Crippen molar-refractivity contribution in [3.8, 4) is 0 Å². The van der Waals surface area contributed by atoms with Crippen LogP contribution in [0, 0.1) is 11.8 Å². The molecule has 0 bridgehead atoms. The maximum Gasteiger partial charge on any atom is 0.300 e. The van der Waals surface area contributed by atoms with Gasteiger partial charge in [-0.15, -0.1) is 0 Å². The smallest absolute Gasteiger partial charge is 0.300 e. The first kappa shape index (κ1) is 35.0. The molecular formula is C28H51N4O4P. The number of piperidine rings is 1. The fourth-order valence-electron chi connectivity index (χ4n) is 4.40. The van der Waals surface area contributed by atoms with Crippen molar-refractivity contribution in [2.75, 3.05) is 40.3 Å². The largest absolute Gasteiger partial charge is 0.481 e. The van der Waals surface area contributed by atoms with Crippen LogP contribution in [0.2, 0.25) is 0 Å². The summed E-state index contributed by atoms with van der Waals surface area (Å²) in [5.74, 6) is 1.29. The summed E-state index contributed by atoms with van der Waals surface area (Å²) in [6.07, 6.45) is 8.02. The lowest BCUT2D eigenvalue weighted by Gasteiger charge is -2.40. The summed E-state index contributed by atoms with van der Waals surface area (Å²) in [7, 11) is 6.21. The summed E-state index contributed by atoms with van der Waals surface area (Å²) in [5.41, 5.74) is 7.85. The number of benzene rings is 1. The quantitative estimate of drug-likeness (QED) is 0.483. The highest BCUT2D eigenvalue weighted by molar-refractivity contribution is 7.13. The standard InChI is InChI=1S/C11H19NO.C9H12NP.C4H9NO.C2H7N.C2H4O2/c1-9(13)12-7-6-10-4-2-3-5-11(10)8-12;11-10-6-5-8-3-1-2-4-9(8)7-10;1-4(6)5(2)3;1-2-3;1-2(3)4/h10-11H,2-8H2,1H3;1-4H,5-7,11H2;1-3H3;2-3H2,1H3;1H3,(H,3,4). The number of fused-ring (bicyclic) bond motifs is 2. The lowest BCUT2D eigenvalue weighted by Crippen LogP contribution is -2.43. The topological polar surface area (TPSA) is 107 Å². The van der Waals surface area contributed by atoms with Gasteiger partial charge >= 0.3 is 0 Å². The van der Waals surface area contributed by atoms with E-state index in [0.717, 1.165) is 44.9 Å². The number of carboxylic acids is 1. The molecule has 1 saturated heterocycles. The molecule has 2 aliphatic heterocycles. The molecule has 212 valence electrons. The Labute approximate surface area is 227 Å². The molecule has 3 aliphatic rings. The van der Waals surface area contributed by atoms with Gasteiger partial charge in [0.15, 0.2) is 0 Å². The van der Waals surface area contributed by atoms with Crippen LogP contribution >= 0.6 is 9.39 Å². The Kier molecular flexibility index (Phi) is 18.9. The van der Waals surface area contributed by atoms with Gasteiger partial charge in [0.25, 0.3) is 5.97 Å². The molecule has 8 nitrogen and oxygen atoms in total. The van der Waals surface area contributed by atoms with Crippen molar-refractivity contribution in [2.24, 2.45) is 17.6 Å². The Morgan fingerprint density at radius 3 is 1.97 bits per heavy atom. The normalized spacial score (nSPS) is 19.7. The zero-order chi connectivity index (χ0) is 28.4. The molecule has 2 heterocycles. The lowest BCUT2D eigenvalue weighted by molar-refractivity contribution is -0.134. The van der Waals surface area contributed by atoms with Crippen LogP contribution in [0.3, 0.4) is 0 Å². The molecule has 1 saturated carbocycles. The first-order valence-electron chi connectivity index (χ1n) is 13.3. The number of hydrogen-bond acceptors (Lipinski definition) is 5. The maximum atomic E-state index is 11.2. The minimum absolute atomic E-state index is 0.0926. The van der Waals surface area contributed by atoms with Crippen molar-refractivity contribution in [3.05, 3.63) is 35.4 Å². The summed E-state index contributed by atoms with van der Waals surface area (Å²) in [6, 6.07) is 8.68. The molecule has 0 spiro atoms. The fourth-order valence-corrected chi connectivity index (χ4v) is 4.73. The molecule has 0 radical (unpaired) electrons. The molecule has 3 atom stereocenters. The molecule has 37 heavy (non-hydrogen) atoms. The highest BCUT2D eigenvalue weighted by Crippen LogP contribution is 2.35. The van der Waals surface area contributed by atoms with Crippen LogP contribution in [0.1, 0.15) is 70.9 Å². The van der Waals surface area contributed by atoms with Gasteiger partial charge in [-0.05, 0) is 48.8 Å². The first-order valence-corrected chi connectivity index (χ1v) is 13.8. The predicted octanol–water partition coefficient (Wildman–Crippen LogP) is 4.03. The monoisotopic (exact) mass is 538 g/mol. The molecule has 0 aromatic heterocycles. The third-order valence-electron chi connectivity index (χ3n) is 6.53. The average Bonchev–Trinajstić information content (AvgIpc) is 2.84. The van der Waals surface area contributed by atoms with Crippen molar-refractivity contribution >= 4 is 27.2 Å². The minimum atomic E-state index is -0.833. The number of hydrogen-bond donors (Lipinski definition) is 2. The van der Waals surface area contributed by atoms with Crippen LogP contribution in [0.25, 0.3) is 0 Å². The number of rotatable bonds is 0. The highest BCUT2D eigenvalue weighted by Gasteiger charge is 2.31. The van der Waals surface area contributed by atoms with Crippen molar-refractivity contribution < 1.29 is 19.5 Å². The van der Waals surface area contributed by atoms with Crippen LogP contribution in [-0.2, 0) is 27.3 Å². The molecule has 2 fully saturated rings. The van der Waals surface area contributed by atoms with Gasteiger partial charge in [-0.1, -0.05) is 59.8 Å². The van der Waals surface area contributed by atoms with E-state index >= 15 is 0 Å². The van der Waals surface area contributed by atoms with Gasteiger partial charge in [0.1, 0.15) is 0 Å². The van der Waals surface area contributed by atoms with Crippen molar-refractivity contribution in [3.63, 3.8) is 0 Å². The molecular weight excluding hydrogens is 487 g/mol. The second kappa shape index (κ2) is 20.0. The van der Waals surface area contributed by atoms with Gasteiger partial charge in [0.2, 0.25) is 11.8 Å². The van der Waals surface area contributed by atoms with Crippen LogP contribution < -0.4 is 5.73 Å². The Morgan fingerprint density at radius 1 is 1.00 bits per heavy atom. The third-order valence-corrected chi connectivity index (χ3v) is 6.97. The molecule has 9 heteroatoms. The summed E-state index contributed by atoms with van der Waals surface area (Å²) >= 11 is 0. The molecule has 1 aliphatic carbocycles. The van der Waals surface area contributed by atoms with E-state index in [2.05, 4.69) is 38.3 Å². The maximum absolute atomic E-state index is 11.2. The molecule has 1 aromatic rings. The van der Waals surface area contributed by atoms with E-state index in [1.54, 1.807) is 21.0 Å². The SMILES string of the molecule is CC(=O)N(C)C.CC(=O)N1CCC2CCCCC2C1.CC(=O)O.CCN.PN1CCc2ccccc2C1. The zero-order valence-electron chi connectivity index (χ0n) is 23.9. The summed E-state index contributed by atoms with van der Waals surface area (Å²) in [5, 5.41) is 7.42. The Hall–Kier alpha value is -2.02. The lowest BCUT2D eigenvalue weighted by atomic mass is 9.75. The number of carbonyl (C=O) groups excluding carboxylic acids is 2. The van der Waals surface area contributed by atoms with Gasteiger partial charge in [0, 0.05) is 61.0 Å². The Balaban J connectivity index is 0.000000488. The van der Waals surface area contributed by atoms with Gasteiger partial charge in [0.05, 0.1) is 0 Å². The summed E-state index contributed by atoms with van der Waals surface area (Å²) < 4.78 is 2.28. The molecule has 3 unspecified atom stereocenters. The predicted molar refractivity (Wildman–Crippen MR) is 155 cm³/mol. The van der Waals surface area contributed by atoms with Crippen LogP contribution in [0.4, 0.5) is 0 Å². The van der Waals surface area contributed by atoms with E-state index in [1.807, 2.05) is 11.8 Å². The van der Waals surface area contributed by atoms with E-state index in [0.29, 0.717) is 0 Å². The van der Waals surface area contributed by atoms with Gasteiger partial charge in [-0.2, -0.15) is 0 Å².